The Kier molecular flexibility index (Phi) is 36.5. The van der Waals surface area contributed by atoms with Gasteiger partial charge in [0.15, 0.2) is 0 Å². The van der Waals surface area contributed by atoms with E-state index in [0.29, 0.717) is 6.61 Å². The molecule has 50 heavy (non-hydrogen) atoms. The summed E-state index contributed by atoms with van der Waals surface area (Å²) < 4.78 is 10.9. The zero-order chi connectivity index (χ0) is 36.8. The zero-order valence-corrected chi connectivity index (χ0v) is 32.7. The van der Waals surface area contributed by atoms with Crippen molar-refractivity contribution < 1.29 is 33.8 Å². The number of carboxylic acid groups (broad SMARTS) is 1. The van der Waals surface area contributed by atoms with Crippen LogP contribution >= 0.6 is 0 Å². The number of hydrogen-bond acceptors (Lipinski definition) is 6. The van der Waals surface area contributed by atoms with Crippen LogP contribution in [0.15, 0.2) is 0 Å². The molecular formula is C42H79NO7. The highest BCUT2D eigenvalue weighted by molar-refractivity contribution is 5.85. The van der Waals surface area contributed by atoms with E-state index in [2.05, 4.69) is 19.2 Å². The first-order chi connectivity index (χ1) is 24.4. The summed E-state index contributed by atoms with van der Waals surface area (Å²) in [6, 6.07) is -0.951. The molecule has 0 rings (SSSR count). The van der Waals surface area contributed by atoms with Crippen LogP contribution in [0.5, 0.6) is 0 Å². The van der Waals surface area contributed by atoms with Crippen molar-refractivity contribution in [2.24, 2.45) is 0 Å². The Labute approximate surface area is 307 Å². The fourth-order valence-corrected chi connectivity index (χ4v) is 6.30. The molecule has 0 unspecified atom stereocenters. The van der Waals surface area contributed by atoms with Crippen molar-refractivity contribution in [1.82, 2.24) is 5.32 Å². The maximum Gasteiger partial charge on any atom is 0.328 e. The van der Waals surface area contributed by atoms with Gasteiger partial charge in [0.2, 0.25) is 5.91 Å². The first-order valence-corrected chi connectivity index (χ1v) is 21.2. The van der Waals surface area contributed by atoms with Gasteiger partial charge in [-0.25, -0.2) is 4.79 Å². The summed E-state index contributed by atoms with van der Waals surface area (Å²) in [6.07, 6.45) is 35.3. The molecule has 0 aliphatic carbocycles. The maximum absolute atomic E-state index is 12.8. The molecule has 0 heterocycles. The molecule has 1 amide bonds. The third-order valence-electron chi connectivity index (χ3n) is 9.55. The number of nitrogens with one attached hydrogen (secondary N) is 1. The van der Waals surface area contributed by atoms with Crippen LogP contribution in [-0.4, -0.2) is 48.2 Å². The van der Waals surface area contributed by atoms with Crippen molar-refractivity contribution in [1.29, 1.82) is 0 Å². The number of carbonyl (C=O) groups excluding carboxylic acids is 3. The Morgan fingerprint density at radius 2 is 0.820 bits per heavy atom. The first-order valence-electron chi connectivity index (χ1n) is 21.2. The Morgan fingerprint density at radius 1 is 0.460 bits per heavy atom. The molecule has 0 aliphatic heterocycles. The number of rotatable bonds is 39. The van der Waals surface area contributed by atoms with E-state index in [4.69, 9.17) is 14.6 Å². The average molecular weight is 710 g/mol. The normalized spacial score (nSPS) is 11.7. The molecule has 0 aromatic carbocycles. The van der Waals surface area contributed by atoms with E-state index in [1.165, 1.54) is 141 Å². The summed E-state index contributed by atoms with van der Waals surface area (Å²) in [6.45, 7) is 5.16. The molecule has 1 atom stereocenters. The lowest BCUT2D eigenvalue weighted by molar-refractivity contribution is -0.149. The number of carboxylic acids is 1. The molecule has 8 nitrogen and oxygen atoms in total. The Morgan fingerprint density at radius 3 is 1.20 bits per heavy atom. The smallest absolute Gasteiger partial charge is 0.328 e. The molecule has 0 fully saturated rings. The van der Waals surface area contributed by atoms with Gasteiger partial charge in [-0.3, -0.25) is 14.4 Å². The Bertz CT molecular complexity index is 803. The van der Waals surface area contributed by atoms with E-state index in [1.54, 1.807) is 0 Å². The molecule has 0 aliphatic rings. The van der Waals surface area contributed by atoms with E-state index < -0.39 is 23.9 Å². The number of ether oxygens (including phenoxy) is 2. The van der Waals surface area contributed by atoms with Gasteiger partial charge in [0, 0.05) is 19.3 Å². The van der Waals surface area contributed by atoms with Crippen LogP contribution in [-0.2, 0) is 28.7 Å². The minimum Gasteiger partial charge on any atom is -0.481 e. The second kappa shape index (κ2) is 38.1. The molecular weight excluding hydrogens is 630 g/mol. The molecule has 0 bridgehead atoms. The highest BCUT2D eigenvalue weighted by atomic mass is 16.5. The van der Waals surface area contributed by atoms with Gasteiger partial charge in [0.1, 0.15) is 6.04 Å². The van der Waals surface area contributed by atoms with Gasteiger partial charge in [0.05, 0.1) is 13.2 Å². The molecule has 0 saturated carbocycles. The van der Waals surface area contributed by atoms with Crippen molar-refractivity contribution in [3.63, 3.8) is 0 Å². The molecule has 294 valence electrons. The highest BCUT2D eigenvalue weighted by Crippen LogP contribution is 2.15. The minimum absolute atomic E-state index is 0.00138. The van der Waals surface area contributed by atoms with Crippen LogP contribution in [0.4, 0.5) is 0 Å². The quantitative estimate of drug-likeness (QED) is 0.0481. The topological polar surface area (TPSA) is 119 Å². The van der Waals surface area contributed by atoms with Gasteiger partial charge in [-0.2, -0.15) is 0 Å². The van der Waals surface area contributed by atoms with E-state index >= 15 is 0 Å². The first kappa shape index (κ1) is 47.9. The number of esters is 2. The monoisotopic (exact) mass is 710 g/mol. The summed E-state index contributed by atoms with van der Waals surface area (Å²) in [5.74, 6) is -2.32. The lowest BCUT2D eigenvalue weighted by Gasteiger charge is -2.17. The van der Waals surface area contributed by atoms with Crippen molar-refractivity contribution in [3.8, 4) is 0 Å². The lowest BCUT2D eigenvalue weighted by Crippen LogP contribution is -2.42. The molecule has 0 aromatic rings. The molecule has 0 saturated heterocycles. The van der Waals surface area contributed by atoms with Crippen molar-refractivity contribution in [3.05, 3.63) is 0 Å². The number of hydrogen-bond donors (Lipinski definition) is 2. The van der Waals surface area contributed by atoms with Gasteiger partial charge in [-0.05, 0) is 25.7 Å². The molecule has 2 N–H and O–H groups in total. The fourth-order valence-electron chi connectivity index (χ4n) is 6.30. The zero-order valence-electron chi connectivity index (χ0n) is 32.7. The third kappa shape index (κ3) is 35.7. The van der Waals surface area contributed by atoms with Gasteiger partial charge < -0.3 is 19.9 Å². The predicted molar refractivity (Wildman–Crippen MR) is 205 cm³/mol. The number of amides is 1. The van der Waals surface area contributed by atoms with Gasteiger partial charge in [-0.15, -0.1) is 0 Å². The summed E-state index contributed by atoms with van der Waals surface area (Å²) in [7, 11) is 0. The van der Waals surface area contributed by atoms with E-state index in [9.17, 15) is 19.2 Å². The summed E-state index contributed by atoms with van der Waals surface area (Å²) >= 11 is 0. The second-order valence-corrected chi connectivity index (χ2v) is 14.5. The van der Waals surface area contributed by atoms with E-state index in [1.807, 2.05) is 0 Å². The Hall–Kier alpha value is -2.12. The van der Waals surface area contributed by atoms with Crippen molar-refractivity contribution in [2.45, 2.75) is 232 Å². The van der Waals surface area contributed by atoms with E-state index in [0.717, 1.165) is 38.5 Å². The molecule has 0 aromatic heterocycles. The number of carbonyl (C=O) groups is 4. The van der Waals surface area contributed by atoms with Crippen LogP contribution in [0, 0.1) is 0 Å². The van der Waals surface area contributed by atoms with Gasteiger partial charge in [-0.1, -0.05) is 181 Å². The highest BCUT2D eigenvalue weighted by Gasteiger charge is 2.23. The predicted octanol–water partition coefficient (Wildman–Crippen LogP) is 11.6. The van der Waals surface area contributed by atoms with Crippen LogP contribution < -0.4 is 5.32 Å². The average Bonchev–Trinajstić information content (AvgIpc) is 3.09. The van der Waals surface area contributed by atoms with E-state index in [-0.39, 0.29) is 44.7 Å². The van der Waals surface area contributed by atoms with Crippen LogP contribution in [0.1, 0.15) is 226 Å². The summed E-state index contributed by atoms with van der Waals surface area (Å²) in [5, 5.41) is 11.5. The van der Waals surface area contributed by atoms with Gasteiger partial charge in [0.25, 0.3) is 0 Å². The molecule has 0 spiro atoms. The minimum atomic E-state index is -0.969. The third-order valence-corrected chi connectivity index (χ3v) is 9.55. The van der Waals surface area contributed by atoms with Crippen LogP contribution in [0.25, 0.3) is 0 Å². The second-order valence-electron chi connectivity index (χ2n) is 14.5. The van der Waals surface area contributed by atoms with Crippen molar-refractivity contribution >= 4 is 23.8 Å². The molecule has 8 heteroatoms. The summed E-state index contributed by atoms with van der Waals surface area (Å²) in [4.78, 5) is 48.4. The number of aliphatic carboxylic acids is 1. The maximum atomic E-state index is 12.8. The SMILES string of the molecule is CCCCCCCCCCCCCCCCOC(=O)CC[C@@H](NC(=O)CCCC(=O)O)C(=O)OCCCCCCCCCCCCCCCC. The standard InChI is InChI=1S/C42H79NO7/c1-3-5-7-9-11-13-15-17-19-21-23-25-27-29-36-49-41(47)35-34-38(43-39(44)32-31-33-40(45)46)42(48)50-37-30-28-26-24-22-20-18-16-14-12-10-8-6-4-2/h38H,3-37H2,1-2H3,(H,43,44)(H,45,46)/t38-/m1/s1. The molecule has 0 radical (unpaired) electrons. The van der Waals surface area contributed by atoms with Crippen LogP contribution in [0.3, 0.4) is 0 Å². The van der Waals surface area contributed by atoms with Gasteiger partial charge >= 0.3 is 17.9 Å². The number of unbranched alkanes of at least 4 members (excludes halogenated alkanes) is 26. The Balaban J connectivity index is 4.11. The summed E-state index contributed by atoms with van der Waals surface area (Å²) in [5.41, 5.74) is 0. The van der Waals surface area contributed by atoms with Crippen molar-refractivity contribution in [2.75, 3.05) is 13.2 Å². The largest absolute Gasteiger partial charge is 0.481 e. The fraction of sp³-hybridized carbons (Fsp3) is 0.905. The van der Waals surface area contributed by atoms with Crippen LogP contribution in [0.2, 0.25) is 0 Å². The lowest BCUT2D eigenvalue weighted by atomic mass is 10.0.